The van der Waals surface area contributed by atoms with E-state index in [-0.39, 0.29) is 23.5 Å². The quantitative estimate of drug-likeness (QED) is 0.405. The Labute approximate surface area is 150 Å². The lowest BCUT2D eigenvalue weighted by molar-refractivity contribution is -0.0500. The maximum Gasteiger partial charge on any atom is 0.534 e. The van der Waals surface area contributed by atoms with Crippen LogP contribution in [0.2, 0.25) is 0 Å². The van der Waals surface area contributed by atoms with Crippen molar-refractivity contribution < 1.29 is 30.2 Å². The number of fused-ring (bicyclic) bond motifs is 3. The first-order valence-electron chi connectivity index (χ1n) is 8.91. The highest BCUT2D eigenvalue weighted by Gasteiger charge is 2.49. The lowest BCUT2D eigenvalue weighted by atomic mass is 9.63. The first-order valence-corrected chi connectivity index (χ1v) is 10.3. The Bertz CT molecular complexity index is 760. The van der Waals surface area contributed by atoms with Gasteiger partial charge in [-0.25, -0.2) is 4.39 Å². The molecule has 1 aromatic carbocycles. The summed E-state index contributed by atoms with van der Waals surface area (Å²) in [5, 5.41) is 0. The van der Waals surface area contributed by atoms with Crippen molar-refractivity contribution in [1.82, 2.24) is 0 Å². The maximum absolute atomic E-state index is 14.9. The molecule has 0 saturated heterocycles. The Balaban J connectivity index is 1.81. The Hall–Kier alpha value is -1.31. The molecule has 3 nitrogen and oxygen atoms in total. The van der Waals surface area contributed by atoms with E-state index in [1.165, 1.54) is 12.1 Å². The molecule has 2 aliphatic rings. The number of rotatable bonds is 4. The van der Waals surface area contributed by atoms with E-state index in [1.54, 1.807) is 6.07 Å². The van der Waals surface area contributed by atoms with Crippen molar-refractivity contribution in [1.29, 1.82) is 0 Å². The third-order valence-corrected chi connectivity index (χ3v) is 6.61. The first-order chi connectivity index (χ1) is 12.1. The number of alkyl halides is 4. The fourth-order valence-electron chi connectivity index (χ4n) is 4.47. The van der Waals surface area contributed by atoms with E-state index in [2.05, 4.69) is 4.18 Å². The summed E-state index contributed by atoms with van der Waals surface area (Å²) in [5.41, 5.74) is -3.80. The van der Waals surface area contributed by atoms with Gasteiger partial charge < -0.3 is 4.18 Å². The molecule has 1 fully saturated rings. The second-order valence-electron chi connectivity index (χ2n) is 7.22. The van der Waals surface area contributed by atoms with Crippen molar-refractivity contribution in [2.45, 2.75) is 63.0 Å². The number of benzene rings is 1. The van der Waals surface area contributed by atoms with E-state index in [0.717, 1.165) is 36.8 Å². The zero-order valence-electron chi connectivity index (χ0n) is 14.4. The highest BCUT2D eigenvalue weighted by atomic mass is 32.2. The van der Waals surface area contributed by atoms with Crippen LogP contribution in [0.1, 0.15) is 56.1 Å². The molecule has 3 rings (SSSR count). The fraction of sp³-hybridized carbons (Fsp3) is 0.667. The van der Waals surface area contributed by atoms with Crippen LogP contribution in [0.3, 0.4) is 0 Å². The Morgan fingerprint density at radius 3 is 2.58 bits per heavy atom. The van der Waals surface area contributed by atoms with Crippen LogP contribution in [-0.4, -0.2) is 20.1 Å². The van der Waals surface area contributed by atoms with Gasteiger partial charge in [0.2, 0.25) is 0 Å². The third kappa shape index (κ3) is 3.57. The molecule has 0 bridgehead atoms. The Morgan fingerprint density at radius 1 is 1.19 bits per heavy atom. The molecule has 1 aromatic rings. The van der Waals surface area contributed by atoms with Crippen LogP contribution in [0.4, 0.5) is 17.6 Å². The summed E-state index contributed by atoms with van der Waals surface area (Å²) >= 11 is 0. The van der Waals surface area contributed by atoms with Crippen molar-refractivity contribution in [3.8, 4) is 5.75 Å². The second kappa shape index (κ2) is 7.02. The molecule has 0 aliphatic heterocycles. The molecule has 0 unspecified atom stereocenters. The number of halogens is 4. The van der Waals surface area contributed by atoms with E-state index in [4.69, 9.17) is 0 Å². The summed E-state index contributed by atoms with van der Waals surface area (Å²) in [5.74, 6) is -0.299. The Kier molecular flexibility index (Phi) is 5.25. The molecular weight excluding hydrogens is 372 g/mol. The summed E-state index contributed by atoms with van der Waals surface area (Å²) in [6, 6.07) is 4.18. The predicted molar refractivity (Wildman–Crippen MR) is 89.1 cm³/mol. The van der Waals surface area contributed by atoms with E-state index >= 15 is 0 Å². The largest absolute Gasteiger partial charge is 0.534 e. The third-order valence-electron chi connectivity index (χ3n) is 5.63. The smallest absolute Gasteiger partial charge is 0.376 e. The van der Waals surface area contributed by atoms with Crippen LogP contribution in [0, 0.1) is 11.8 Å². The lowest BCUT2D eigenvalue weighted by Gasteiger charge is -2.43. The molecule has 0 heterocycles. The molecule has 0 spiro atoms. The molecule has 0 radical (unpaired) electrons. The van der Waals surface area contributed by atoms with Gasteiger partial charge in [-0.2, -0.15) is 21.6 Å². The summed E-state index contributed by atoms with van der Waals surface area (Å²) in [4.78, 5) is 0. The van der Waals surface area contributed by atoms with Crippen molar-refractivity contribution in [3.63, 3.8) is 0 Å². The molecule has 1 saturated carbocycles. The molecular formula is C18H22F4O3S. The first kappa shape index (κ1) is 19.5. The zero-order valence-corrected chi connectivity index (χ0v) is 15.2. The van der Waals surface area contributed by atoms with Crippen LogP contribution in [0.5, 0.6) is 5.75 Å². The number of hydrogen-bond donors (Lipinski definition) is 0. The van der Waals surface area contributed by atoms with Gasteiger partial charge in [0.25, 0.3) is 0 Å². The monoisotopic (exact) mass is 394 g/mol. The Morgan fingerprint density at radius 2 is 1.92 bits per heavy atom. The van der Waals surface area contributed by atoms with Crippen molar-refractivity contribution >= 4 is 10.1 Å². The fourth-order valence-corrected chi connectivity index (χ4v) is 4.92. The summed E-state index contributed by atoms with van der Waals surface area (Å²) in [6.07, 6.45) is 3.75. The molecule has 146 valence electrons. The minimum Gasteiger partial charge on any atom is -0.376 e. The van der Waals surface area contributed by atoms with Gasteiger partial charge >= 0.3 is 15.6 Å². The predicted octanol–water partition coefficient (Wildman–Crippen LogP) is 5.11. The normalized spacial score (nSPS) is 29.0. The van der Waals surface area contributed by atoms with Crippen LogP contribution < -0.4 is 4.18 Å². The number of aryl methyl sites for hydroxylation is 1. The molecule has 0 amide bonds. The number of hydrogen-bond acceptors (Lipinski definition) is 3. The highest BCUT2D eigenvalue weighted by Crippen LogP contribution is 2.49. The average molecular weight is 394 g/mol. The maximum atomic E-state index is 14.9. The second-order valence-corrected chi connectivity index (χ2v) is 8.76. The summed E-state index contributed by atoms with van der Waals surface area (Å²) < 4.78 is 78.8. The van der Waals surface area contributed by atoms with Gasteiger partial charge in [-0.1, -0.05) is 19.4 Å². The van der Waals surface area contributed by atoms with Crippen molar-refractivity contribution in [3.05, 3.63) is 29.3 Å². The highest BCUT2D eigenvalue weighted by molar-refractivity contribution is 7.88. The van der Waals surface area contributed by atoms with Crippen LogP contribution in [0.25, 0.3) is 0 Å². The molecule has 0 aromatic heterocycles. The van der Waals surface area contributed by atoms with E-state index in [9.17, 15) is 26.0 Å². The van der Waals surface area contributed by atoms with Gasteiger partial charge in [-0.15, -0.1) is 0 Å². The molecule has 4 atom stereocenters. The van der Waals surface area contributed by atoms with Crippen molar-refractivity contribution in [2.24, 2.45) is 11.8 Å². The van der Waals surface area contributed by atoms with E-state index in [0.29, 0.717) is 12.8 Å². The zero-order chi connectivity index (χ0) is 19.1. The minimum absolute atomic E-state index is 0.0372. The molecule has 26 heavy (non-hydrogen) atoms. The lowest BCUT2D eigenvalue weighted by Crippen LogP contribution is -2.38. The van der Waals surface area contributed by atoms with Crippen LogP contribution in [-0.2, 0) is 16.5 Å². The van der Waals surface area contributed by atoms with Gasteiger partial charge in [-0.3, -0.25) is 0 Å². The minimum atomic E-state index is -5.68. The SMILES string of the molecule is CCC[C@H]1CC[C@@H]2c3ccc(OS(=O)(=O)C(F)(F)F)cc3CC[C@H]2[C@@H]1F. The van der Waals surface area contributed by atoms with Gasteiger partial charge in [0.15, 0.2) is 0 Å². The summed E-state index contributed by atoms with van der Waals surface area (Å²) in [6.45, 7) is 2.05. The van der Waals surface area contributed by atoms with Gasteiger partial charge in [0, 0.05) is 0 Å². The van der Waals surface area contributed by atoms with Crippen molar-refractivity contribution in [2.75, 3.05) is 0 Å². The van der Waals surface area contributed by atoms with E-state index < -0.39 is 21.8 Å². The standard InChI is InChI=1S/C18H22F4O3S/c1-2-3-11-4-7-15-14-9-6-13(25-26(23,24)18(20,21)22)10-12(14)5-8-16(15)17(11)19/h6,9-11,15-17H,2-5,7-8H2,1H3/t11-,15+,16+,17+/m0/s1. The van der Waals surface area contributed by atoms with Gasteiger partial charge in [0.05, 0.1) is 0 Å². The van der Waals surface area contributed by atoms with Gasteiger partial charge in [0.1, 0.15) is 11.9 Å². The molecule has 0 N–H and O–H groups in total. The summed E-state index contributed by atoms with van der Waals surface area (Å²) in [7, 11) is -5.68. The molecule has 2 aliphatic carbocycles. The molecule has 8 heteroatoms. The van der Waals surface area contributed by atoms with E-state index in [1.807, 2.05) is 6.92 Å². The topological polar surface area (TPSA) is 43.4 Å². The van der Waals surface area contributed by atoms with Crippen LogP contribution in [0.15, 0.2) is 18.2 Å². The van der Waals surface area contributed by atoms with Gasteiger partial charge in [-0.05, 0) is 73.1 Å². The van der Waals surface area contributed by atoms with Crippen LogP contribution >= 0.6 is 0 Å². The average Bonchev–Trinajstić information content (AvgIpc) is 2.55.